The van der Waals surface area contributed by atoms with Gasteiger partial charge in [0.1, 0.15) is 0 Å². The van der Waals surface area contributed by atoms with Crippen molar-refractivity contribution < 1.29 is 4.79 Å². The fraction of sp³-hybridized carbons (Fsp3) is 0.600. The molecule has 15 heavy (non-hydrogen) atoms. The topological polar surface area (TPSA) is 83.8 Å². The molecule has 0 aliphatic rings. The molecule has 1 amide bonds. The Bertz CT molecular complexity index is 284. The van der Waals surface area contributed by atoms with Crippen LogP contribution in [0.2, 0.25) is 0 Å². The number of nitrogens with one attached hydrogen (secondary N) is 2. The van der Waals surface area contributed by atoms with Crippen molar-refractivity contribution in [2.45, 2.75) is 26.2 Å². The standard InChI is InChI=1S/C10H18N4O/c1-8(4-5-11)2-3-10(15)14-9-6-12-13-7-9/h6-8H,2-5,11H2,1H3,(H,12,13)(H,14,15). The Morgan fingerprint density at radius 1 is 1.67 bits per heavy atom. The van der Waals surface area contributed by atoms with E-state index in [2.05, 4.69) is 22.4 Å². The molecule has 1 aromatic rings. The molecule has 5 nitrogen and oxygen atoms in total. The number of nitrogens with two attached hydrogens (primary N) is 1. The van der Waals surface area contributed by atoms with Gasteiger partial charge in [0.15, 0.2) is 0 Å². The molecule has 1 unspecified atom stereocenters. The van der Waals surface area contributed by atoms with Crippen LogP contribution in [0.5, 0.6) is 0 Å². The number of hydrogen-bond acceptors (Lipinski definition) is 3. The van der Waals surface area contributed by atoms with E-state index in [1.807, 2.05) is 0 Å². The third-order valence-electron chi connectivity index (χ3n) is 2.31. The maximum Gasteiger partial charge on any atom is 0.224 e. The second-order valence-electron chi connectivity index (χ2n) is 3.76. The fourth-order valence-electron chi connectivity index (χ4n) is 1.35. The van der Waals surface area contributed by atoms with Crippen LogP contribution < -0.4 is 11.1 Å². The van der Waals surface area contributed by atoms with Crippen molar-refractivity contribution in [2.24, 2.45) is 11.7 Å². The molecule has 1 atom stereocenters. The number of carbonyl (C=O) groups is 1. The summed E-state index contributed by atoms with van der Waals surface area (Å²) in [6.45, 7) is 2.79. The van der Waals surface area contributed by atoms with Crippen LogP contribution in [0.15, 0.2) is 12.4 Å². The predicted molar refractivity (Wildman–Crippen MR) is 59.3 cm³/mol. The van der Waals surface area contributed by atoms with E-state index >= 15 is 0 Å². The Morgan fingerprint density at radius 2 is 2.47 bits per heavy atom. The molecule has 1 rings (SSSR count). The Kier molecular flexibility index (Phi) is 4.83. The van der Waals surface area contributed by atoms with Gasteiger partial charge < -0.3 is 11.1 Å². The molecular weight excluding hydrogens is 192 g/mol. The molecule has 0 radical (unpaired) electrons. The summed E-state index contributed by atoms with van der Waals surface area (Å²) >= 11 is 0. The van der Waals surface area contributed by atoms with E-state index in [-0.39, 0.29) is 5.91 Å². The first-order chi connectivity index (χ1) is 7.22. The van der Waals surface area contributed by atoms with Gasteiger partial charge in [-0.2, -0.15) is 5.10 Å². The Hall–Kier alpha value is -1.36. The van der Waals surface area contributed by atoms with Crippen LogP contribution in [0, 0.1) is 5.92 Å². The Labute approximate surface area is 89.4 Å². The lowest BCUT2D eigenvalue weighted by Gasteiger charge is -2.08. The summed E-state index contributed by atoms with van der Waals surface area (Å²) in [5.74, 6) is 0.533. The lowest BCUT2D eigenvalue weighted by atomic mass is 10.0. The van der Waals surface area contributed by atoms with Gasteiger partial charge in [0.25, 0.3) is 0 Å². The molecule has 84 valence electrons. The minimum atomic E-state index is 0.0280. The number of hydrogen-bond donors (Lipinski definition) is 3. The number of aromatic nitrogens is 2. The first-order valence-electron chi connectivity index (χ1n) is 5.21. The zero-order chi connectivity index (χ0) is 11.1. The normalized spacial score (nSPS) is 12.4. The highest BCUT2D eigenvalue weighted by atomic mass is 16.1. The van der Waals surface area contributed by atoms with Crippen molar-refractivity contribution in [3.8, 4) is 0 Å². The molecule has 0 bridgehead atoms. The van der Waals surface area contributed by atoms with Crippen LogP contribution >= 0.6 is 0 Å². The molecule has 5 heteroatoms. The summed E-state index contributed by atoms with van der Waals surface area (Å²) < 4.78 is 0. The Morgan fingerprint density at radius 3 is 3.07 bits per heavy atom. The molecule has 0 saturated heterocycles. The number of H-pyrrole nitrogens is 1. The van der Waals surface area contributed by atoms with E-state index in [1.54, 1.807) is 12.4 Å². The maximum atomic E-state index is 11.4. The van der Waals surface area contributed by atoms with Crippen molar-refractivity contribution in [1.29, 1.82) is 0 Å². The van der Waals surface area contributed by atoms with Gasteiger partial charge in [0.2, 0.25) is 5.91 Å². The number of rotatable bonds is 6. The molecular formula is C10H18N4O. The van der Waals surface area contributed by atoms with E-state index in [9.17, 15) is 4.79 Å². The highest BCUT2D eigenvalue weighted by Gasteiger charge is 2.06. The Balaban J connectivity index is 2.19. The number of amides is 1. The van der Waals surface area contributed by atoms with Crippen LogP contribution in [0.4, 0.5) is 5.69 Å². The number of nitrogens with zero attached hydrogens (tertiary/aromatic N) is 1. The number of aromatic amines is 1. The van der Waals surface area contributed by atoms with Crippen LogP contribution in [0.3, 0.4) is 0 Å². The summed E-state index contributed by atoms with van der Waals surface area (Å²) in [6, 6.07) is 0. The van der Waals surface area contributed by atoms with Gasteiger partial charge in [0.05, 0.1) is 11.9 Å². The predicted octanol–water partition coefficient (Wildman–Crippen LogP) is 1.11. The van der Waals surface area contributed by atoms with Crippen molar-refractivity contribution >= 4 is 11.6 Å². The smallest absolute Gasteiger partial charge is 0.224 e. The van der Waals surface area contributed by atoms with Gasteiger partial charge in [-0.05, 0) is 25.3 Å². The summed E-state index contributed by atoms with van der Waals surface area (Å²) in [5.41, 5.74) is 6.15. The highest BCUT2D eigenvalue weighted by Crippen LogP contribution is 2.10. The van der Waals surface area contributed by atoms with E-state index in [1.165, 1.54) is 0 Å². The summed E-state index contributed by atoms with van der Waals surface area (Å²) in [6.07, 6.45) is 5.62. The van der Waals surface area contributed by atoms with Crippen LogP contribution in [0.1, 0.15) is 26.2 Å². The largest absolute Gasteiger partial charge is 0.330 e. The average Bonchev–Trinajstić information content (AvgIpc) is 2.68. The molecule has 0 saturated carbocycles. The monoisotopic (exact) mass is 210 g/mol. The number of anilines is 1. The maximum absolute atomic E-state index is 11.4. The van der Waals surface area contributed by atoms with Crippen molar-refractivity contribution in [3.63, 3.8) is 0 Å². The third kappa shape index (κ3) is 4.60. The van der Waals surface area contributed by atoms with E-state index in [0.29, 0.717) is 24.6 Å². The molecule has 0 aliphatic heterocycles. The summed E-state index contributed by atoms with van der Waals surface area (Å²) in [7, 11) is 0. The molecule has 0 aliphatic carbocycles. The van der Waals surface area contributed by atoms with Crippen LogP contribution in [-0.4, -0.2) is 22.6 Å². The second kappa shape index (κ2) is 6.19. The summed E-state index contributed by atoms with van der Waals surface area (Å²) in [4.78, 5) is 11.4. The third-order valence-corrected chi connectivity index (χ3v) is 2.31. The van der Waals surface area contributed by atoms with Crippen molar-refractivity contribution in [2.75, 3.05) is 11.9 Å². The van der Waals surface area contributed by atoms with Gasteiger partial charge in [0, 0.05) is 12.6 Å². The first-order valence-corrected chi connectivity index (χ1v) is 5.21. The van der Waals surface area contributed by atoms with E-state index in [4.69, 9.17) is 5.73 Å². The zero-order valence-electron chi connectivity index (χ0n) is 8.99. The summed E-state index contributed by atoms with van der Waals surface area (Å²) in [5, 5.41) is 9.14. The van der Waals surface area contributed by atoms with Crippen LogP contribution in [0.25, 0.3) is 0 Å². The van der Waals surface area contributed by atoms with Crippen molar-refractivity contribution in [1.82, 2.24) is 10.2 Å². The SMILES string of the molecule is CC(CCN)CCC(=O)Nc1cn[nH]c1. The van der Waals surface area contributed by atoms with E-state index in [0.717, 1.165) is 12.8 Å². The van der Waals surface area contributed by atoms with Gasteiger partial charge in [-0.25, -0.2) is 0 Å². The van der Waals surface area contributed by atoms with Crippen LogP contribution in [-0.2, 0) is 4.79 Å². The minimum absolute atomic E-state index is 0.0280. The first kappa shape index (κ1) is 11.7. The lowest BCUT2D eigenvalue weighted by Crippen LogP contribution is -2.13. The molecule has 0 spiro atoms. The molecule has 1 heterocycles. The van der Waals surface area contributed by atoms with Gasteiger partial charge in [-0.3, -0.25) is 9.89 Å². The average molecular weight is 210 g/mol. The fourth-order valence-corrected chi connectivity index (χ4v) is 1.35. The van der Waals surface area contributed by atoms with Gasteiger partial charge in [-0.15, -0.1) is 0 Å². The van der Waals surface area contributed by atoms with Gasteiger partial charge >= 0.3 is 0 Å². The van der Waals surface area contributed by atoms with E-state index < -0.39 is 0 Å². The molecule has 0 aromatic carbocycles. The minimum Gasteiger partial charge on any atom is -0.330 e. The second-order valence-corrected chi connectivity index (χ2v) is 3.76. The quantitative estimate of drug-likeness (QED) is 0.657. The zero-order valence-corrected chi connectivity index (χ0v) is 8.99. The van der Waals surface area contributed by atoms with Crippen molar-refractivity contribution in [3.05, 3.63) is 12.4 Å². The molecule has 1 aromatic heterocycles. The highest BCUT2D eigenvalue weighted by molar-refractivity contribution is 5.90. The number of carbonyl (C=O) groups excluding carboxylic acids is 1. The molecule has 0 fully saturated rings. The lowest BCUT2D eigenvalue weighted by molar-refractivity contribution is -0.116. The molecule has 4 N–H and O–H groups in total. The van der Waals surface area contributed by atoms with Gasteiger partial charge in [-0.1, -0.05) is 6.92 Å².